The van der Waals surface area contributed by atoms with Gasteiger partial charge in [0, 0.05) is 35.1 Å². The molecular formula is C19H42N2S2. The fourth-order valence-electron chi connectivity index (χ4n) is 2.68. The van der Waals surface area contributed by atoms with Gasteiger partial charge in [0.2, 0.25) is 0 Å². The van der Waals surface area contributed by atoms with Crippen LogP contribution in [0.1, 0.15) is 47.0 Å². The van der Waals surface area contributed by atoms with Gasteiger partial charge in [-0.25, -0.2) is 0 Å². The smallest absolute Gasteiger partial charge is 0.00706 e. The summed E-state index contributed by atoms with van der Waals surface area (Å²) >= 11 is 4.37. The Labute approximate surface area is 155 Å². The first-order chi connectivity index (χ1) is 10.8. The van der Waals surface area contributed by atoms with Crippen molar-refractivity contribution < 1.29 is 0 Å². The van der Waals surface area contributed by atoms with E-state index in [0.29, 0.717) is 0 Å². The Morgan fingerprint density at radius 2 is 1.22 bits per heavy atom. The van der Waals surface area contributed by atoms with E-state index in [1.165, 1.54) is 43.9 Å². The summed E-state index contributed by atoms with van der Waals surface area (Å²) in [7, 11) is 8.68. The van der Waals surface area contributed by atoms with Crippen LogP contribution in [0.15, 0.2) is 0 Å². The van der Waals surface area contributed by atoms with Crippen LogP contribution in [0.4, 0.5) is 0 Å². The molecule has 0 amide bonds. The van der Waals surface area contributed by atoms with E-state index in [9.17, 15) is 0 Å². The summed E-state index contributed by atoms with van der Waals surface area (Å²) in [6.45, 7) is 12.0. The minimum Gasteiger partial charge on any atom is -0.309 e. The Morgan fingerprint density at radius 1 is 0.739 bits per heavy atom. The molecule has 3 unspecified atom stereocenters. The largest absolute Gasteiger partial charge is 0.309 e. The first-order valence-corrected chi connectivity index (χ1v) is 11.4. The van der Waals surface area contributed by atoms with Gasteiger partial charge in [0.15, 0.2) is 0 Å². The minimum atomic E-state index is 0.788. The van der Waals surface area contributed by atoms with Crippen LogP contribution >= 0.6 is 23.5 Å². The molecule has 0 saturated carbocycles. The third kappa shape index (κ3) is 12.6. The lowest BCUT2D eigenvalue weighted by molar-refractivity contribution is 0.430. The molecule has 23 heavy (non-hydrogen) atoms. The maximum absolute atomic E-state index is 2.47. The summed E-state index contributed by atoms with van der Waals surface area (Å²) in [6.07, 6.45) is 4.06. The highest BCUT2D eigenvalue weighted by atomic mass is 32.2. The van der Waals surface area contributed by atoms with Crippen LogP contribution in [0.2, 0.25) is 0 Å². The van der Waals surface area contributed by atoms with Gasteiger partial charge in [0.25, 0.3) is 0 Å². The zero-order valence-electron chi connectivity index (χ0n) is 17.0. The van der Waals surface area contributed by atoms with Crippen molar-refractivity contribution in [2.24, 2.45) is 11.8 Å². The molecular weight excluding hydrogens is 320 g/mol. The van der Waals surface area contributed by atoms with Crippen molar-refractivity contribution in [1.29, 1.82) is 0 Å². The number of hydrogen-bond acceptors (Lipinski definition) is 4. The second-order valence-electron chi connectivity index (χ2n) is 7.63. The first-order valence-electron chi connectivity index (χ1n) is 9.30. The van der Waals surface area contributed by atoms with Crippen molar-refractivity contribution in [3.63, 3.8) is 0 Å². The molecule has 0 aliphatic heterocycles. The summed E-state index contributed by atoms with van der Waals surface area (Å²) in [5.74, 6) is 4.15. The van der Waals surface area contributed by atoms with Gasteiger partial charge in [-0.3, -0.25) is 0 Å². The van der Waals surface area contributed by atoms with Crippen LogP contribution in [0.25, 0.3) is 0 Å². The molecule has 0 aliphatic rings. The molecule has 2 nitrogen and oxygen atoms in total. The van der Waals surface area contributed by atoms with Gasteiger partial charge in [-0.15, -0.1) is 0 Å². The van der Waals surface area contributed by atoms with Crippen LogP contribution in [-0.2, 0) is 0 Å². The van der Waals surface area contributed by atoms with E-state index in [4.69, 9.17) is 0 Å². The van der Waals surface area contributed by atoms with Gasteiger partial charge in [-0.1, -0.05) is 27.7 Å². The van der Waals surface area contributed by atoms with E-state index in [2.05, 4.69) is 89.2 Å². The Kier molecular flexibility index (Phi) is 14.2. The van der Waals surface area contributed by atoms with Gasteiger partial charge < -0.3 is 9.80 Å². The standard InChI is InChI=1S/C19H42N2S2/c1-9-18(22-14-12-20(5)6)17(4)10-11-19(16(2)3)23-15-13-21(7)8/h16-19H,9-15H2,1-8H3. The van der Waals surface area contributed by atoms with Crippen LogP contribution < -0.4 is 0 Å². The van der Waals surface area contributed by atoms with Crippen LogP contribution in [0, 0.1) is 11.8 Å². The average molecular weight is 363 g/mol. The zero-order valence-corrected chi connectivity index (χ0v) is 18.6. The van der Waals surface area contributed by atoms with Crippen LogP contribution in [-0.4, -0.2) is 73.1 Å². The van der Waals surface area contributed by atoms with Gasteiger partial charge >= 0.3 is 0 Å². The van der Waals surface area contributed by atoms with E-state index in [-0.39, 0.29) is 0 Å². The summed E-state index contributed by atoms with van der Waals surface area (Å²) in [6, 6.07) is 0. The zero-order chi connectivity index (χ0) is 17.8. The molecule has 0 heterocycles. The molecule has 3 atom stereocenters. The Bertz CT molecular complexity index is 270. The maximum atomic E-state index is 2.47. The number of nitrogens with zero attached hydrogens (tertiary/aromatic N) is 2. The molecule has 0 fully saturated rings. The molecule has 0 saturated heterocycles. The predicted molar refractivity (Wildman–Crippen MR) is 113 cm³/mol. The Balaban J connectivity index is 4.18. The summed E-state index contributed by atoms with van der Waals surface area (Å²) < 4.78 is 0. The SMILES string of the molecule is CCC(SCCN(C)C)C(C)CCC(SCCN(C)C)C(C)C. The molecule has 0 N–H and O–H groups in total. The topological polar surface area (TPSA) is 6.48 Å². The number of thioether (sulfide) groups is 2. The van der Waals surface area contributed by atoms with E-state index in [1.54, 1.807) is 0 Å². The van der Waals surface area contributed by atoms with E-state index in [0.717, 1.165) is 22.3 Å². The lowest BCUT2D eigenvalue weighted by Gasteiger charge is -2.27. The second-order valence-corrected chi connectivity index (χ2v) is 10.3. The lowest BCUT2D eigenvalue weighted by atomic mass is 9.95. The van der Waals surface area contributed by atoms with Crippen molar-refractivity contribution in [2.45, 2.75) is 57.5 Å². The first kappa shape index (κ1) is 23.6. The molecule has 4 heteroatoms. The highest BCUT2D eigenvalue weighted by molar-refractivity contribution is 8.00. The second kappa shape index (κ2) is 13.9. The van der Waals surface area contributed by atoms with Crippen LogP contribution in [0.5, 0.6) is 0 Å². The fourth-order valence-corrected chi connectivity index (χ4v) is 5.61. The van der Waals surface area contributed by atoms with Crippen molar-refractivity contribution in [3.05, 3.63) is 0 Å². The lowest BCUT2D eigenvalue weighted by Crippen LogP contribution is -2.22. The molecule has 0 radical (unpaired) electrons. The minimum absolute atomic E-state index is 0.788. The number of rotatable bonds is 14. The predicted octanol–water partition coefficient (Wildman–Crippen LogP) is 4.80. The normalized spacial score (nSPS) is 16.3. The van der Waals surface area contributed by atoms with Gasteiger partial charge in [-0.05, 0) is 59.3 Å². The summed E-state index contributed by atoms with van der Waals surface area (Å²) in [5, 5.41) is 1.65. The molecule has 0 rings (SSSR count). The van der Waals surface area contributed by atoms with Crippen LogP contribution in [0.3, 0.4) is 0 Å². The van der Waals surface area contributed by atoms with E-state index >= 15 is 0 Å². The van der Waals surface area contributed by atoms with Gasteiger partial charge in [0.05, 0.1) is 0 Å². The third-order valence-electron chi connectivity index (χ3n) is 4.43. The van der Waals surface area contributed by atoms with Crippen molar-refractivity contribution in [1.82, 2.24) is 9.80 Å². The summed E-state index contributed by atoms with van der Waals surface area (Å²) in [4.78, 5) is 4.59. The monoisotopic (exact) mass is 362 g/mol. The Morgan fingerprint density at radius 3 is 1.61 bits per heavy atom. The highest BCUT2D eigenvalue weighted by Crippen LogP contribution is 2.31. The maximum Gasteiger partial charge on any atom is 0.00706 e. The van der Waals surface area contributed by atoms with E-state index in [1.807, 2.05) is 0 Å². The molecule has 0 aromatic carbocycles. The van der Waals surface area contributed by atoms with E-state index < -0.39 is 0 Å². The average Bonchev–Trinajstić information content (AvgIpc) is 2.45. The highest BCUT2D eigenvalue weighted by Gasteiger charge is 2.20. The Hall–Kier alpha value is 0.620. The fraction of sp³-hybridized carbons (Fsp3) is 1.00. The van der Waals surface area contributed by atoms with Gasteiger partial charge in [0.1, 0.15) is 0 Å². The molecule has 0 bridgehead atoms. The summed E-state index contributed by atoms with van der Waals surface area (Å²) in [5.41, 5.74) is 0. The van der Waals surface area contributed by atoms with Crippen molar-refractivity contribution >= 4 is 23.5 Å². The molecule has 0 aromatic heterocycles. The van der Waals surface area contributed by atoms with Gasteiger partial charge in [-0.2, -0.15) is 23.5 Å². The molecule has 0 aromatic rings. The molecule has 140 valence electrons. The van der Waals surface area contributed by atoms with Crippen molar-refractivity contribution in [3.8, 4) is 0 Å². The molecule has 0 aliphatic carbocycles. The third-order valence-corrected chi connectivity index (χ3v) is 7.70. The number of hydrogen-bond donors (Lipinski definition) is 0. The quantitative estimate of drug-likeness (QED) is 0.438. The van der Waals surface area contributed by atoms with Crippen molar-refractivity contribution in [2.75, 3.05) is 52.8 Å². The molecule has 0 spiro atoms.